The topological polar surface area (TPSA) is 85.2 Å². The molecule has 3 heterocycles. The van der Waals surface area contributed by atoms with Crippen molar-refractivity contribution < 1.29 is 0 Å². The summed E-state index contributed by atoms with van der Waals surface area (Å²) in [7, 11) is 0. The van der Waals surface area contributed by atoms with Crippen molar-refractivity contribution in [3.63, 3.8) is 0 Å². The third-order valence-corrected chi connectivity index (χ3v) is 2.65. The molecular formula is C11H11N7. The molecule has 18 heavy (non-hydrogen) atoms. The molecule has 1 N–H and O–H groups in total. The number of pyridine rings is 1. The SMILES string of the molecule is C[C@H](c1nc(-c2cccnc2)n[nH]1)n1cncn1. The molecule has 3 rings (SSSR count). The number of nitrogens with one attached hydrogen (secondary N) is 1. The van der Waals surface area contributed by atoms with E-state index in [-0.39, 0.29) is 6.04 Å². The molecule has 3 aromatic heterocycles. The number of aromatic amines is 1. The average molecular weight is 241 g/mol. The van der Waals surface area contributed by atoms with Gasteiger partial charge in [0.15, 0.2) is 5.82 Å². The third-order valence-electron chi connectivity index (χ3n) is 2.65. The molecule has 0 aliphatic carbocycles. The van der Waals surface area contributed by atoms with E-state index >= 15 is 0 Å². The van der Waals surface area contributed by atoms with Crippen LogP contribution in [0.2, 0.25) is 0 Å². The zero-order valence-electron chi connectivity index (χ0n) is 9.72. The van der Waals surface area contributed by atoms with Crippen LogP contribution in [0, 0.1) is 0 Å². The summed E-state index contributed by atoms with van der Waals surface area (Å²) in [5, 5.41) is 11.2. The van der Waals surface area contributed by atoms with Crippen molar-refractivity contribution in [1.29, 1.82) is 0 Å². The third kappa shape index (κ3) is 1.86. The van der Waals surface area contributed by atoms with Crippen molar-refractivity contribution in [2.75, 3.05) is 0 Å². The van der Waals surface area contributed by atoms with Gasteiger partial charge in [0, 0.05) is 18.0 Å². The van der Waals surface area contributed by atoms with Crippen LogP contribution in [0.3, 0.4) is 0 Å². The lowest BCUT2D eigenvalue weighted by Crippen LogP contribution is -2.08. The fourth-order valence-electron chi connectivity index (χ4n) is 1.63. The van der Waals surface area contributed by atoms with Crippen LogP contribution in [-0.4, -0.2) is 34.9 Å². The highest BCUT2D eigenvalue weighted by molar-refractivity contribution is 5.52. The first-order valence-corrected chi connectivity index (χ1v) is 5.51. The van der Waals surface area contributed by atoms with Gasteiger partial charge in [-0.05, 0) is 19.1 Å². The molecule has 7 nitrogen and oxygen atoms in total. The molecule has 0 aliphatic heterocycles. The first kappa shape index (κ1) is 10.6. The highest BCUT2D eigenvalue weighted by atomic mass is 15.4. The summed E-state index contributed by atoms with van der Waals surface area (Å²) in [5.41, 5.74) is 0.880. The lowest BCUT2D eigenvalue weighted by atomic mass is 10.3. The van der Waals surface area contributed by atoms with Crippen molar-refractivity contribution in [2.45, 2.75) is 13.0 Å². The number of nitrogens with zero attached hydrogens (tertiary/aromatic N) is 6. The number of hydrogen-bond donors (Lipinski definition) is 1. The van der Waals surface area contributed by atoms with Gasteiger partial charge in [0.05, 0.1) is 0 Å². The van der Waals surface area contributed by atoms with Crippen LogP contribution in [0.4, 0.5) is 0 Å². The second kappa shape index (κ2) is 4.36. The van der Waals surface area contributed by atoms with E-state index in [2.05, 4.69) is 30.2 Å². The van der Waals surface area contributed by atoms with Gasteiger partial charge < -0.3 is 0 Å². The van der Waals surface area contributed by atoms with Crippen LogP contribution in [0.25, 0.3) is 11.4 Å². The lowest BCUT2D eigenvalue weighted by molar-refractivity contribution is 0.536. The molecule has 0 saturated heterocycles. The van der Waals surface area contributed by atoms with Gasteiger partial charge in [0.2, 0.25) is 0 Å². The molecule has 0 fully saturated rings. The molecule has 0 bridgehead atoms. The molecule has 0 amide bonds. The minimum atomic E-state index is -0.0366. The largest absolute Gasteiger partial charge is 0.264 e. The molecular weight excluding hydrogens is 230 g/mol. The number of hydrogen-bond acceptors (Lipinski definition) is 5. The standard InChI is InChI=1S/C11H11N7/c1-8(18-7-13-6-14-18)10-15-11(17-16-10)9-3-2-4-12-5-9/h2-8H,1H3,(H,15,16,17)/t8-/m1/s1. The smallest absolute Gasteiger partial charge is 0.182 e. The molecule has 3 aromatic rings. The predicted octanol–water partition coefficient (Wildman–Crippen LogP) is 1.07. The van der Waals surface area contributed by atoms with E-state index in [0.29, 0.717) is 5.82 Å². The molecule has 0 unspecified atom stereocenters. The van der Waals surface area contributed by atoms with Gasteiger partial charge in [-0.15, -0.1) is 0 Å². The molecule has 1 atom stereocenters. The van der Waals surface area contributed by atoms with Gasteiger partial charge in [0.1, 0.15) is 24.5 Å². The highest BCUT2D eigenvalue weighted by Gasteiger charge is 2.14. The Labute approximate surface area is 103 Å². The van der Waals surface area contributed by atoms with E-state index in [4.69, 9.17) is 0 Å². The Hall–Kier alpha value is -2.57. The van der Waals surface area contributed by atoms with Crippen LogP contribution in [0.5, 0.6) is 0 Å². The van der Waals surface area contributed by atoms with Gasteiger partial charge >= 0.3 is 0 Å². The van der Waals surface area contributed by atoms with Gasteiger partial charge in [-0.1, -0.05) is 0 Å². The normalized spacial score (nSPS) is 12.5. The fraction of sp³-hybridized carbons (Fsp3) is 0.182. The lowest BCUT2D eigenvalue weighted by Gasteiger charge is -2.06. The fourth-order valence-corrected chi connectivity index (χ4v) is 1.63. The minimum Gasteiger partial charge on any atom is -0.264 e. The van der Waals surface area contributed by atoms with Gasteiger partial charge in [-0.3, -0.25) is 10.1 Å². The van der Waals surface area contributed by atoms with E-state index in [9.17, 15) is 0 Å². The predicted molar refractivity (Wildman–Crippen MR) is 63.4 cm³/mol. The van der Waals surface area contributed by atoms with Gasteiger partial charge in [-0.25, -0.2) is 14.6 Å². The second-order valence-corrected chi connectivity index (χ2v) is 3.84. The average Bonchev–Trinajstić information content (AvgIpc) is 3.10. The maximum Gasteiger partial charge on any atom is 0.182 e. The molecule has 0 aliphatic rings. The summed E-state index contributed by atoms with van der Waals surface area (Å²) >= 11 is 0. The van der Waals surface area contributed by atoms with Crippen LogP contribution in [0.1, 0.15) is 18.8 Å². The maximum atomic E-state index is 4.44. The Morgan fingerprint density at radius 1 is 1.33 bits per heavy atom. The van der Waals surface area contributed by atoms with Crippen LogP contribution >= 0.6 is 0 Å². The molecule has 0 saturated carbocycles. The molecule has 0 radical (unpaired) electrons. The molecule has 90 valence electrons. The van der Waals surface area contributed by atoms with E-state index in [1.807, 2.05) is 19.1 Å². The van der Waals surface area contributed by atoms with Crippen molar-refractivity contribution in [3.05, 3.63) is 43.0 Å². The van der Waals surface area contributed by atoms with Crippen molar-refractivity contribution >= 4 is 0 Å². The summed E-state index contributed by atoms with van der Waals surface area (Å²) in [4.78, 5) is 12.4. The Morgan fingerprint density at radius 3 is 3.00 bits per heavy atom. The van der Waals surface area contributed by atoms with Crippen molar-refractivity contribution in [3.8, 4) is 11.4 Å². The Kier molecular flexibility index (Phi) is 2.56. The van der Waals surface area contributed by atoms with E-state index in [1.165, 1.54) is 6.33 Å². The second-order valence-electron chi connectivity index (χ2n) is 3.84. The Balaban J connectivity index is 1.90. The van der Waals surface area contributed by atoms with Crippen molar-refractivity contribution in [1.82, 2.24) is 34.9 Å². The molecule has 7 heteroatoms. The number of aromatic nitrogens is 7. The minimum absolute atomic E-state index is 0.0366. The Bertz CT molecular complexity index is 614. The van der Waals surface area contributed by atoms with E-state index in [0.717, 1.165) is 11.4 Å². The summed E-state index contributed by atoms with van der Waals surface area (Å²) in [5.74, 6) is 1.37. The summed E-state index contributed by atoms with van der Waals surface area (Å²) in [6, 6.07) is 3.73. The van der Waals surface area contributed by atoms with Crippen molar-refractivity contribution in [2.24, 2.45) is 0 Å². The van der Waals surface area contributed by atoms with Crippen LogP contribution in [-0.2, 0) is 0 Å². The Morgan fingerprint density at radius 2 is 2.28 bits per heavy atom. The number of rotatable bonds is 3. The maximum absolute atomic E-state index is 4.44. The summed E-state index contributed by atoms with van der Waals surface area (Å²) in [6.45, 7) is 1.97. The van der Waals surface area contributed by atoms with Crippen LogP contribution < -0.4 is 0 Å². The first-order valence-electron chi connectivity index (χ1n) is 5.51. The monoisotopic (exact) mass is 241 g/mol. The van der Waals surface area contributed by atoms with Gasteiger partial charge in [-0.2, -0.15) is 10.2 Å². The number of H-pyrrole nitrogens is 1. The summed E-state index contributed by atoms with van der Waals surface area (Å²) in [6.07, 6.45) is 6.59. The first-order chi connectivity index (χ1) is 8.84. The summed E-state index contributed by atoms with van der Waals surface area (Å²) < 4.78 is 1.72. The van der Waals surface area contributed by atoms with Gasteiger partial charge in [0.25, 0.3) is 0 Å². The zero-order valence-corrected chi connectivity index (χ0v) is 9.72. The van der Waals surface area contributed by atoms with Crippen LogP contribution in [0.15, 0.2) is 37.2 Å². The molecule has 0 spiro atoms. The van der Waals surface area contributed by atoms with E-state index in [1.54, 1.807) is 23.4 Å². The van der Waals surface area contributed by atoms with E-state index < -0.39 is 0 Å². The quantitative estimate of drug-likeness (QED) is 0.741. The zero-order chi connectivity index (χ0) is 12.4. The highest BCUT2D eigenvalue weighted by Crippen LogP contribution is 2.16. The molecule has 0 aromatic carbocycles.